The Hall–Kier alpha value is -1.43. The number of nitrogens with one attached hydrogen (secondary N) is 2. The maximum absolute atomic E-state index is 11.8. The second-order valence-corrected chi connectivity index (χ2v) is 5.02. The fourth-order valence-electron chi connectivity index (χ4n) is 1.72. The van der Waals surface area contributed by atoms with E-state index in [1.807, 2.05) is 6.20 Å². The molecule has 0 aliphatic carbocycles. The zero-order valence-corrected chi connectivity index (χ0v) is 12.3. The lowest BCUT2D eigenvalue weighted by atomic mass is 10.2. The molecule has 0 atom stereocenters. The van der Waals surface area contributed by atoms with Gasteiger partial charge in [-0.2, -0.15) is 0 Å². The molecule has 0 aliphatic heterocycles. The highest BCUT2D eigenvalue weighted by Gasteiger charge is 2.10. The second kappa shape index (κ2) is 7.89. The van der Waals surface area contributed by atoms with Gasteiger partial charge < -0.3 is 10.6 Å². The van der Waals surface area contributed by atoms with Gasteiger partial charge in [-0.1, -0.05) is 32.9 Å². The molecule has 1 amide bonds. The molecule has 0 saturated carbocycles. The highest BCUT2D eigenvalue weighted by atomic mass is 16.2. The first-order chi connectivity index (χ1) is 9.05. The summed E-state index contributed by atoms with van der Waals surface area (Å²) >= 11 is 0. The largest absolute Gasteiger partial charge is 0.352 e. The minimum atomic E-state index is -0.0121. The summed E-state index contributed by atoms with van der Waals surface area (Å²) in [4.78, 5) is 11.8. The van der Waals surface area contributed by atoms with Crippen molar-refractivity contribution >= 4 is 5.91 Å². The van der Waals surface area contributed by atoms with Gasteiger partial charge in [0.05, 0.1) is 11.9 Å². The summed E-state index contributed by atoms with van der Waals surface area (Å²) < 4.78 is 1.58. The van der Waals surface area contributed by atoms with Gasteiger partial charge in [-0.25, -0.2) is 4.68 Å². The Bertz CT molecular complexity index is 384. The fraction of sp³-hybridized carbons (Fsp3) is 0.769. The van der Waals surface area contributed by atoms with Crippen molar-refractivity contribution in [2.75, 3.05) is 0 Å². The molecular weight excluding hydrogens is 242 g/mol. The van der Waals surface area contributed by atoms with Crippen LogP contribution < -0.4 is 10.6 Å². The summed E-state index contributed by atoms with van der Waals surface area (Å²) in [5.41, 5.74) is 0.851. The third-order valence-corrected chi connectivity index (χ3v) is 2.93. The van der Waals surface area contributed by atoms with Crippen molar-refractivity contribution in [3.05, 3.63) is 11.9 Å². The Labute approximate surface area is 115 Å². The van der Waals surface area contributed by atoms with E-state index in [2.05, 4.69) is 48.6 Å². The molecule has 6 nitrogen and oxygen atoms in total. The Morgan fingerprint density at radius 3 is 2.63 bits per heavy atom. The van der Waals surface area contributed by atoms with Crippen molar-refractivity contribution in [2.45, 2.75) is 65.7 Å². The van der Waals surface area contributed by atoms with Crippen LogP contribution in [0.15, 0.2) is 6.20 Å². The van der Waals surface area contributed by atoms with Gasteiger partial charge in [-0.15, -0.1) is 5.10 Å². The lowest BCUT2D eigenvalue weighted by Gasteiger charge is -2.14. The summed E-state index contributed by atoms with van der Waals surface area (Å²) in [6.07, 6.45) is 3.70. The summed E-state index contributed by atoms with van der Waals surface area (Å²) in [5.74, 6) is -0.0121. The van der Waals surface area contributed by atoms with E-state index in [0.29, 0.717) is 12.6 Å². The summed E-state index contributed by atoms with van der Waals surface area (Å²) in [6.45, 7) is 9.19. The number of carbonyl (C=O) groups is 1. The van der Waals surface area contributed by atoms with Crippen molar-refractivity contribution in [1.29, 1.82) is 0 Å². The van der Waals surface area contributed by atoms with E-state index in [1.165, 1.54) is 0 Å². The summed E-state index contributed by atoms with van der Waals surface area (Å²) in [6, 6.07) is 0.654. The van der Waals surface area contributed by atoms with Crippen molar-refractivity contribution in [2.24, 2.45) is 0 Å². The number of amides is 1. The molecule has 0 unspecified atom stereocenters. The molecule has 0 bridgehead atoms. The van der Waals surface area contributed by atoms with Crippen LogP contribution in [0.5, 0.6) is 0 Å². The first-order valence-electron chi connectivity index (χ1n) is 6.96. The molecule has 1 aromatic rings. The van der Waals surface area contributed by atoms with Gasteiger partial charge in [-0.3, -0.25) is 4.79 Å². The molecule has 0 saturated heterocycles. The smallest absolute Gasteiger partial charge is 0.242 e. The number of hydrogen-bond donors (Lipinski definition) is 2. The molecule has 6 heteroatoms. The molecule has 0 aromatic carbocycles. The van der Waals surface area contributed by atoms with Crippen LogP contribution in [0.4, 0.5) is 0 Å². The molecule has 2 N–H and O–H groups in total. The van der Waals surface area contributed by atoms with Crippen molar-refractivity contribution in [3.63, 3.8) is 0 Å². The van der Waals surface area contributed by atoms with Crippen LogP contribution in [0, 0.1) is 0 Å². The van der Waals surface area contributed by atoms with Gasteiger partial charge >= 0.3 is 0 Å². The topological polar surface area (TPSA) is 71.8 Å². The number of rotatable bonds is 8. The van der Waals surface area contributed by atoms with Crippen LogP contribution in [0.2, 0.25) is 0 Å². The molecule has 1 aromatic heterocycles. The van der Waals surface area contributed by atoms with Crippen LogP contribution in [-0.4, -0.2) is 33.0 Å². The van der Waals surface area contributed by atoms with E-state index < -0.39 is 0 Å². The Morgan fingerprint density at radius 2 is 2.05 bits per heavy atom. The van der Waals surface area contributed by atoms with Crippen LogP contribution in [0.1, 0.15) is 46.2 Å². The minimum absolute atomic E-state index is 0.0121. The molecule has 108 valence electrons. The summed E-state index contributed by atoms with van der Waals surface area (Å²) in [5, 5.41) is 14.2. The zero-order valence-electron chi connectivity index (χ0n) is 12.3. The maximum Gasteiger partial charge on any atom is 0.242 e. The minimum Gasteiger partial charge on any atom is -0.352 e. The number of nitrogens with zero attached hydrogens (tertiary/aromatic N) is 3. The number of aromatic nitrogens is 3. The molecule has 0 fully saturated rings. The monoisotopic (exact) mass is 267 g/mol. The van der Waals surface area contributed by atoms with Gasteiger partial charge in [0.2, 0.25) is 5.91 Å². The molecule has 19 heavy (non-hydrogen) atoms. The normalized spacial score (nSPS) is 11.3. The van der Waals surface area contributed by atoms with E-state index in [0.717, 1.165) is 18.5 Å². The van der Waals surface area contributed by atoms with Crippen LogP contribution in [0.3, 0.4) is 0 Å². The van der Waals surface area contributed by atoms with Crippen LogP contribution in [-0.2, 0) is 17.9 Å². The van der Waals surface area contributed by atoms with Gasteiger partial charge in [0, 0.05) is 18.6 Å². The fourth-order valence-corrected chi connectivity index (χ4v) is 1.72. The van der Waals surface area contributed by atoms with E-state index in [1.54, 1.807) is 4.68 Å². The van der Waals surface area contributed by atoms with Crippen LogP contribution >= 0.6 is 0 Å². The zero-order chi connectivity index (χ0) is 14.3. The van der Waals surface area contributed by atoms with Crippen molar-refractivity contribution in [3.8, 4) is 0 Å². The molecule has 0 aliphatic rings. The van der Waals surface area contributed by atoms with Gasteiger partial charge in [0.1, 0.15) is 6.54 Å². The van der Waals surface area contributed by atoms with Gasteiger partial charge in [0.25, 0.3) is 0 Å². The summed E-state index contributed by atoms with van der Waals surface area (Å²) in [7, 11) is 0. The van der Waals surface area contributed by atoms with Crippen molar-refractivity contribution in [1.82, 2.24) is 25.6 Å². The quantitative estimate of drug-likeness (QED) is 0.739. The van der Waals surface area contributed by atoms with E-state index in [-0.39, 0.29) is 18.5 Å². The second-order valence-electron chi connectivity index (χ2n) is 5.02. The third-order valence-electron chi connectivity index (χ3n) is 2.93. The lowest BCUT2D eigenvalue weighted by molar-refractivity contribution is -0.122. The number of hydrogen-bond acceptors (Lipinski definition) is 4. The van der Waals surface area contributed by atoms with Crippen LogP contribution in [0.25, 0.3) is 0 Å². The van der Waals surface area contributed by atoms with Gasteiger partial charge in [-0.05, 0) is 12.8 Å². The molecule has 0 radical (unpaired) electrons. The van der Waals surface area contributed by atoms with Gasteiger partial charge in [0.15, 0.2) is 0 Å². The molecular formula is C13H25N5O. The van der Waals surface area contributed by atoms with E-state index >= 15 is 0 Å². The average molecular weight is 267 g/mol. The van der Waals surface area contributed by atoms with E-state index in [9.17, 15) is 4.79 Å². The predicted octanol–water partition coefficient (Wildman–Crippen LogP) is 1.08. The molecule has 1 heterocycles. The highest BCUT2D eigenvalue weighted by Crippen LogP contribution is 1.97. The maximum atomic E-state index is 11.8. The third kappa shape index (κ3) is 5.83. The van der Waals surface area contributed by atoms with E-state index in [4.69, 9.17) is 0 Å². The Kier molecular flexibility index (Phi) is 6.49. The predicted molar refractivity (Wildman–Crippen MR) is 74.5 cm³/mol. The highest BCUT2D eigenvalue weighted by molar-refractivity contribution is 5.75. The van der Waals surface area contributed by atoms with Crippen molar-refractivity contribution < 1.29 is 4.79 Å². The average Bonchev–Trinajstić information content (AvgIpc) is 2.81. The standard InChI is InChI=1S/C13H25N5O/c1-5-11(6-2)15-13(19)9-18-8-12(16-17-18)7-14-10(3)4/h8,10-11,14H,5-7,9H2,1-4H3,(H,15,19). The Balaban J connectivity index is 2.42. The lowest BCUT2D eigenvalue weighted by Crippen LogP contribution is -2.36. The Morgan fingerprint density at radius 1 is 1.37 bits per heavy atom. The molecule has 0 spiro atoms. The molecule has 1 rings (SSSR count). The first kappa shape index (κ1) is 15.6. The SMILES string of the molecule is CCC(CC)NC(=O)Cn1cc(CNC(C)C)nn1. The number of carbonyl (C=O) groups excluding carboxylic acids is 1. The first-order valence-corrected chi connectivity index (χ1v) is 6.96.